The maximum absolute atomic E-state index is 13.7. The molecule has 1 heterocycles. The molecule has 0 saturated carbocycles. The second-order valence-corrected chi connectivity index (χ2v) is 7.10. The third-order valence-electron chi connectivity index (χ3n) is 3.61. The van der Waals surface area contributed by atoms with Gasteiger partial charge in [0, 0.05) is 25.8 Å². The lowest BCUT2D eigenvalue weighted by Gasteiger charge is -2.31. The minimum atomic E-state index is -3.94. The Morgan fingerprint density at radius 2 is 1.91 bits per heavy atom. The van der Waals surface area contributed by atoms with Gasteiger partial charge < -0.3 is 10.5 Å². The summed E-state index contributed by atoms with van der Waals surface area (Å²) in [5.74, 6) is -1.87. The lowest BCUT2D eigenvalue weighted by Crippen LogP contribution is -2.41. The Labute approximate surface area is 141 Å². The van der Waals surface area contributed by atoms with Gasteiger partial charge in [0.1, 0.15) is 16.5 Å². The van der Waals surface area contributed by atoms with Gasteiger partial charge in [0.05, 0.1) is 6.10 Å². The van der Waals surface area contributed by atoms with Crippen molar-refractivity contribution in [2.24, 2.45) is 5.73 Å². The average Bonchev–Trinajstić information content (AvgIpc) is 2.47. The molecule has 0 atom stereocenters. The molecule has 1 fully saturated rings. The minimum absolute atomic E-state index is 0. The molecule has 23 heavy (non-hydrogen) atoms. The zero-order chi connectivity index (χ0) is 16.2. The first-order chi connectivity index (χ1) is 10.4. The molecular formula is C14H21ClF2N2O3S. The van der Waals surface area contributed by atoms with Gasteiger partial charge in [0.15, 0.2) is 0 Å². The van der Waals surface area contributed by atoms with Gasteiger partial charge in [-0.05, 0) is 37.9 Å². The fraction of sp³-hybridized carbons (Fsp3) is 0.571. The Balaban J connectivity index is 0.00000264. The second-order valence-electron chi connectivity index (χ2n) is 5.19. The summed E-state index contributed by atoms with van der Waals surface area (Å²) in [6.45, 7) is 1.62. The lowest BCUT2D eigenvalue weighted by atomic mass is 10.1. The van der Waals surface area contributed by atoms with Gasteiger partial charge in [-0.25, -0.2) is 17.2 Å². The predicted molar refractivity (Wildman–Crippen MR) is 85.0 cm³/mol. The first kappa shape index (κ1) is 20.2. The Kier molecular flexibility index (Phi) is 7.82. The molecule has 2 rings (SSSR count). The van der Waals surface area contributed by atoms with Gasteiger partial charge in [0.2, 0.25) is 10.0 Å². The van der Waals surface area contributed by atoms with Gasteiger partial charge in [-0.3, -0.25) is 0 Å². The standard InChI is InChI=1S/C14H20F2N2O3S.ClH/c15-11-2-3-14(13(16)10-11)22(19,20)18-7-4-12(5-8-18)21-9-1-6-17;/h2-3,10,12H,1,4-9,17H2;1H. The summed E-state index contributed by atoms with van der Waals surface area (Å²) in [4.78, 5) is -0.489. The van der Waals surface area contributed by atoms with Crippen molar-refractivity contribution in [3.63, 3.8) is 0 Å². The summed E-state index contributed by atoms with van der Waals surface area (Å²) in [6.07, 6.45) is 1.86. The molecule has 0 bridgehead atoms. The lowest BCUT2D eigenvalue weighted by molar-refractivity contribution is 0.0208. The molecule has 0 radical (unpaired) electrons. The fourth-order valence-corrected chi connectivity index (χ4v) is 3.91. The molecule has 0 spiro atoms. The third-order valence-corrected chi connectivity index (χ3v) is 5.55. The molecule has 1 aliphatic rings. The van der Waals surface area contributed by atoms with E-state index in [4.69, 9.17) is 10.5 Å². The van der Waals surface area contributed by atoms with Crippen LogP contribution in [-0.2, 0) is 14.8 Å². The highest BCUT2D eigenvalue weighted by molar-refractivity contribution is 7.89. The minimum Gasteiger partial charge on any atom is -0.378 e. The summed E-state index contributed by atoms with van der Waals surface area (Å²) in [5, 5.41) is 0. The van der Waals surface area contributed by atoms with E-state index in [0.717, 1.165) is 18.6 Å². The quantitative estimate of drug-likeness (QED) is 0.776. The van der Waals surface area contributed by atoms with E-state index in [9.17, 15) is 17.2 Å². The van der Waals surface area contributed by atoms with Crippen molar-refractivity contribution >= 4 is 22.4 Å². The van der Waals surface area contributed by atoms with Gasteiger partial charge in [0.25, 0.3) is 0 Å². The zero-order valence-electron chi connectivity index (χ0n) is 12.6. The van der Waals surface area contributed by atoms with Crippen molar-refractivity contribution in [2.45, 2.75) is 30.3 Å². The maximum atomic E-state index is 13.7. The monoisotopic (exact) mass is 370 g/mol. The number of halogens is 3. The molecule has 2 N–H and O–H groups in total. The number of nitrogens with zero attached hydrogens (tertiary/aromatic N) is 1. The van der Waals surface area contributed by atoms with E-state index in [1.54, 1.807) is 0 Å². The summed E-state index contributed by atoms with van der Waals surface area (Å²) in [5.41, 5.74) is 5.38. The summed E-state index contributed by atoms with van der Waals surface area (Å²) in [7, 11) is -3.94. The summed E-state index contributed by atoms with van der Waals surface area (Å²) >= 11 is 0. The van der Waals surface area contributed by atoms with Crippen LogP contribution in [0.25, 0.3) is 0 Å². The van der Waals surface area contributed by atoms with Crippen molar-refractivity contribution in [2.75, 3.05) is 26.2 Å². The Morgan fingerprint density at radius 3 is 2.48 bits per heavy atom. The van der Waals surface area contributed by atoms with Crippen molar-refractivity contribution in [3.05, 3.63) is 29.8 Å². The molecular weight excluding hydrogens is 350 g/mol. The van der Waals surface area contributed by atoms with Crippen LogP contribution in [0.2, 0.25) is 0 Å². The first-order valence-corrected chi connectivity index (χ1v) is 8.66. The molecule has 132 valence electrons. The third kappa shape index (κ3) is 5.09. The van der Waals surface area contributed by atoms with E-state index in [1.165, 1.54) is 4.31 Å². The molecule has 9 heteroatoms. The molecule has 1 saturated heterocycles. The van der Waals surface area contributed by atoms with E-state index in [0.29, 0.717) is 32.1 Å². The van der Waals surface area contributed by atoms with Crippen LogP contribution < -0.4 is 5.73 Å². The van der Waals surface area contributed by atoms with Crippen LogP contribution in [-0.4, -0.2) is 45.1 Å². The Bertz CT molecular complexity index is 608. The molecule has 1 aromatic rings. The van der Waals surface area contributed by atoms with Crippen LogP contribution in [0.5, 0.6) is 0 Å². The molecule has 1 aromatic carbocycles. The van der Waals surface area contributed by atoms with Crippen molar-refractivity contribution in [1.29, 1.82) is 0 Å². The number of rotatable bonds is 6. The van der Waals surface area contributed by atoms with Crippen LogP contribution in [0.3, 0.4) is 0 Å². The summed E-state index contributed by atoms with van der Waals surface area (Å²) < 4.78 is 58.2. The van der Waals surface area contributed by atoms with E-state index in [2.05, 4.69) is 0 Å². The van der Waals surface area contributed by atoms with Gasteiger partial charge in [-0.1, -0.05) is 0 Å². The SMILES string of the molecule is Cl.NCCCOC1CCN(S(=O)(=O)c2ccc(F)cc2F)CC1. The van der Waals surface area contributed by atoms with Crippen LogP contribution in [0.15, 0.2) is 23.1 Å². The van der Waals surface area contributed by atoms with Gasteiger partial charge >= 0.3 is 0 Å². The highest BCUT2D eigenvalue weighted by Gasteiger charge is 2.31. The number of benzene rings is 1. The van der Waals surface area contributed by atoms with Crippen molar-refractivity contribution < 1.29 is 21.9 Å². The van der Waals surface area contributed by atoms with Crippen LogP contribution >= 0.6 is 12.4 Å². The number of nitrogens with two attached hydrogens (primary N) is 1. The second kappa shape index (κ2) is 8.89. The number of sulfonamides is 1. The Hall–Kier alpha value is -0.800. The number of ether oxygens (including phenoxy) is 1. The van der Waals surface area contributed by atoms with Gasteiger partial charge in [-0.15, -0.1) is 12.4 Å². The highest BCUT2D eigenvalue weighted by atomic mass is 35.5. The van der Waals surface area contributed by atoms with Crippen molar-refractivity contribution in [3.8, 4) is 0 Å². The molecule has 1 aliphatic heterocycles. The zero-order valence-corrected chi connectivity index (χ0v) is 14.2. The molecule has 0 aliphatic carbocycles. The van der Waals surface area contributed by atoms with E-state index in [1.807, 2.05) is 0 Å². The van der Waals surface area contributed by atoms with Crippen LogP contribution in [0, 0.1) is 11.6 Å². The number of hydrogen-bond donors (Lipinski definition) is 1. The Morgan fingerprint density at radius 1 is 1.26 bits per heavy atom. The van der Waals surface area contributed by atoms with Crippen molar-refractivity contribution in [1.82, 2.24) is 4.31 Å². The fourth-order valence-electron chi connectivity index (χ4n) is 2.40. The molecule has 0 unspecified atom stereocenters. The topological polar surface area (TPSA) is 72.6 Å². The first-order valence-electron chi connectivity index (χ1n) is 7.22. The van der Waals surface area contributed by atoms with E-state index >= 15 is 0 Å². The normalized spacial score (nSPS) is 17.0. The van der Waals surface area contributed by atoms with E-state index < -0.39 is 26.6 Å². The number of piperidine rings is 1. The predicted octanol–water partition coefficient (Wildman–Crippen LogP) is 1.91. The highest BCUT2D eigenvalue weighted by Crippen LogP contribution is 2.24. The maximum Gasteiger partial charge on any atom is 0.245 e. The van der Waals surface area contributed by atoms with Crippen LogP contribution in [0.4, 0.5) is 8.78 Å². The average molecular weight is 371 g/mol. The molecule has 0 amide bonds. The van der Waals surface area contributed by atoms with E-state index in [-0.39, 0.29) is 31.6 Å². The largest absolute Gasteiger partial charge is 0.378 e. The number of hydrogen-bond acceptors (Lipinski definition) is 4. The molecule has 5 nitrogen and oxygen atoms in total. The smallest absolute Gasteiger partial charge is 0.245 e. The molecule has 0 aromatic heterocycles. The van der Waals surface area contributed by atoms with Crippen LogP contribution in [0.1, 0.15) is 19.3 Å². The van der Waals surface area contributed by atoms with Gasteiger partial charge in [-0.2, -0.15) is 4.31 Å². The summed E-state index contributed by atoms with van der Waals surface area (Å²) in [6, 6.07) is 2.48.